The number of nitrogens with zero attached hydrogens (tertiary/aromatic N) is 5. The SMILES string of the molecule is COCC=CC(=O)N1CCCCC1c1nc(-c2ccc(C(=O)Nc3cc(F)ccn3)cc2)c2c(N)nccn12. The number of halogens is 1. The number of carbonyl (C=O) groups excluding carboxylic acids is 2. The van der Waals surface area contributed by atoms with Gasteiger partial charge >= 0.3 is 0 Å². The van der Waals surface area contributed by atoms with E-state index in [1.54, 1.807) is 49.8 Å². The van der Waals surface area contributed by atoms with Crippen molar-refractivity contribution >= 4 is 29.0 Å². The maximum absolute atomic E-state index is 13.4. The number of imidazole rings is 1. The molecule has 1 unspecified atom stereocenters. The minimum atomic E-state index is -0.492. The van der Waals surface area contributed by atoms with Crippen LogP contribution in [0.1, 0.15) is 41.5 Å². The van der Waals surface area contributed by atoms with Gasteiger partial charge in [0.05, 0.1) is 12.6 Å². The zero-order valence-electron chi connectivity index (χ0n) is 21.4. The van der Waals surface area contributed by atoms with Gasteiger partial charge in [-0.1, -0.05) is 18.2 Å². The average molecular weight is 530 g/mol. The maximum Gasteiger partial charge on any atom is 0.256 e. The van der Waals surface area contributed by atoms with E-state index in [9.17, 15) is 14.0 Å². The Morgan fingerprint density at radius 3 is 2.77 bits per heavy atom. The number of anilines is 2. The topological polar surface area (TPSA) is 128 Å². The molecule has 4 aromatic rings. The third kappa shape index (κ3) is 5.48. The molecule has 3 N–H and O–H groups in total. The second kappa shape index (κ2) is 11.4. The van der Waals surface area contributed by atoms with Crippen LogP contribution in [-0.2, 0) is 9.53 Å². The number of methoxy groups -OCH3 is 1. The number of piperidine rings is 1. The van der Waals surface area contributed by atoms with E-state index in [-0.39, 0.29) is 17.8 Å². The van der Waals surface area contributed by atoms with E-state index in [0.29, 0.717) is 41.6 Å². The van der Waals surface area contributed by atoms with Crippen LogP contribution in [0, 0.1) is 5.82 Å². The quantitative estimate of drug-likeness (QED) is 0.346. The lowest BCUT2D eigenvalue weighted by Crippen LogP contribution is -2.38. The number of nitrogens with two attached hydrogens (primary N) is 1. The van der Waals surface area contributed by atoms with Crippen LogP contribution >= 0.6 is 0 Å². The summed E-state index contributed by atoms with van der Waals surface area (Å²) in [5.74, 6) is 0.111. The van der Waals surface area contributed by atoms with Crippen LogP contribution in [0.15, 0.2) is 67.1 Å². The molecular formula is C28H28FN7O3. The number of aromatic nitrogens is 4. The smallest absolute Gasteiger partial charge is 0.256 e. The number of amides is 2. The zero-order valence-corrected chi connectivity index (χ0v) is 21.4. The second-order valence-corrected chi connectivity index (χ2v) is 9.14. The normalized spacial score (nSPS) is 15.6. The first-order chi connectivity index (χ1) is 19.0. The molecule has 1 aliphatic rings. The Hall–Kier alpha value is -4.64. The van der Waals surface area contributed by atoms with Crippen molar-refractivity contribution in [2.24, 2.45) is 0 Å². The predicted octanol–water partition coefficient (Wildman–Crippen LogP) is 4.02. The number of hydrogen-bond acceptors (Lipinski definition) is 7. The van der Waals surface area contributed by atoms with E-state index in [1.807, 2.05) is 9.30 Å². The van der Waals surface area contributed by atoms with E-state index in [2.05, 4.69) is 15.3 Å². The molecule has 1 saturated heterocycles. The van der Waals surface area contributed by atoms with Gasteiger partial charge in [0.25, 0.3) is 5.91 Å². The Morgan fingerprint density at radius 1 is 1.18 bits per heavy atom. The summed E-state index contributed by atoms with van der Waals surface area (Å²) >= 11 is 0. The number of rotatable bonds is 7. The maximum atomic E-state index is 13.4. The Balaban J connectivity index is 1.47. The zero-order chi connectivity index (χ0) is 27.4. The largest absolute Gasteiger partial charge is 0.382 e. The molecule has 2 amide bonds. The molecule has 4 heterocycles. The van der Waals surface area contributed by atoms with Crippen molar-refractivity contribution in [1.29, 1.82) is 0 Å². The molecule has 0 saturated carbocycles. The van der Waals surface area contributed by atoms with Crippen molar-refractivity contribution in [2.45, 2.75) is 25.3 Å². The van der Waals surface area contributed by atoms with Crippen molar-refractivity contribution in [3.8, 4) is 11.3 Å². The minimum absolute atomic E-state index is 0.0970. The van der Waals surface area contributed by atoms with Gasteiger partial charge in [0.1, 0.15) is 34.5 Å². The Bertz CT molecular complexity index is 1530. The molecule has 5 rings (SSSR count). The number of fused-ring (bicyclic) bond motifs is 1. The molecule has 0 radical (unpaired) electrons. The number of nitrogens with one attached hydrogen (secondary N) is 1. The molecule has 1 aliphatic heterocycles. The highest BCUT2D eigenvalue weighted by molar-refractivity contribution is 6.04. The highest BCUT2D eigenvalue weighted by atomic mass is 19.1. The standard InChI is InChI=1S/C28H28FN7O3/c1-39-16-4-6-23(37)35-14-3-2-5-21(35)27-34-24(25-26(30)32-13-15-36(25)27)18-7-9-19(10-8-18)28(38)33-22-17-20(29)11-12-31-22/h4,6-13,15,17,21H,2-3,5,14,16H2,1H3,(H2,30,32)(H,31,33,38). The van der Waals surface area contributed by atoms with Gasteiger partial charge in [0, 0.05) is 55.5 Å². The molecule has 39 heavy (non-hydrogen) atoms. The van der Waals surface area contributed by atoms with Crippen LogP contribution in [0.25, 0.3) is 16.8 Å². The molecular weight excluding hydrogens is 501 g/mol. The molecule has 0 bridgehead atoms. The summed E-state index contributed by atoms with van der Waals surface area (Å²) in [4.78, 5) is 40.7. The van der Waals surface area contributed by atoms with Gasteiger partial charge in [-0.15, -0.1) is 0 Å². The third-order valence-corrected chi connectivity index (χ3v) is 6.60. The first kappa shape index (κ1) is 26.0. The summed E-state index contributed by atoms with van der Waals surface area (Å²) in [5, 5.41) is 2.59. The fraction of sp³-hybridized carbons (Fsp3) is 0.250. The highest BCUT2D eigenvalue weighted by Crippen LogP contribution is 2.36. The monoisotopic (exact) mass is 529 g/mol. The molecule has 0 spiro atoms. The van der Waals surface area contributed by atoms with E-state index >= 15 is 0 Å². The van der Waals surface area contributed by atoms with Crippen molar-refractivity contribution in [2.75, 3.05) is 31.3 Å². The predicted molar refractivity (Wildman–Crippen MR) is 144 cm³/mol. The van der Waals surface area contributed by atoms with Gasteiger partial charge in [-0.05, 0) is 37.5 Å². The fourth-order valence-corrected chi connectivity index (χ4v) is 4.77. The number of ether oxygens (including phenoxy) is 1. The molecule has 11 heteroatoms. The Kier molecular flexibility index (Phi) is 7.60. The van der Waals surface area contributed by atoms with Crippen molar-refractivity contribution in [1.82, 2.24) is 24.3 Å². The summed E-state index contributed by atoms with van der Waals surface area (Å²) in [6.45, 7) is 0.977. The van der Waals surface area contributed by atoms with Crippen LogP contribution in [0.2, 0.25) is 0 Å². The third-order valence-electron chi connectivity index (χ3n) is 6.60. The molecule has 1 fully saturated rings. The molecule has 10 nitrogen and oxygen atoms in total. The average Bonchev–Trinajstić information content (AvgIpc) is 3.34. The summed E-state index contributed by atoms with van der Waals surface area (Å²) in [5.41, 5.74) is 8.63. The van der Waals surface area contributed by atoms with E-state index in [1.165, 1.54) is 18.3 Å². The van der Waals surface area contributed by atoms with Gasteiger partial charge in [-0.3, -0.25) is 14.0 Å². The van der Waals surface area contributed by atoms with Crippen molar-refractivity contribution in [3.05, 3.63) is 84.3 Å². The number of pyridine rings is 1. The van der Waals surface area contributed by atoms with E-state index < -0.39 is 11.7 Å². The second-order valence-electron chi connectivity index (χ2n) is 9.14. The summed E-state index contributed by atoms with van der Waals surface area (Å²) < 4.78 is 20.4. The molecule has 3 aromatic heterocycles. The number of nitrogen functional groups attached to an aromatic ring is 1. The lowest BCUT2D eigenvalue weighted by Gasteiger charge is -2.34. The van der Waals surface area contributed by atoms with Crippen LogP contribution in [0.5, 0.6) is 0 Å². The number of hydrogen-bond donors (Lipinski definition) is 2. The number of benzene rings is 1. The van der Waals surface area contributed by atoms with Crippen LogP contribution < -0.4 is 11.1 Å². The number of carbonyl (C=O) groups is 2. The van der Waals surface area contributed by atoms with Gasteiger partial charge < -0.3 is 20.7 Å². The molecule has 200 valence electrons. The Morgan fingerprint density at radius 2 is 2.00 bits per heavy atom. The van der Waals surface area contributed by atoms with Gasteiger partial charge in [0.2, 0.25) is 5.91 Å². The first-order valence-electron chi connectivity index (χ1n) is 12.6. The van der Waals surface area contributed by atoms with Gasteiger partial charge in [-0.25, -0.2) is 19.3 Å². The highest BCUT2D eigenvalue weighted by Gasteiger charge is 2.31. The first-order valence-corrected chi connectivity index (χ1v) is 12.6. The lowest BCUT2D eigenvalue weighted by molar-refractivity contribution is -0.130. The van der Waals surface area contributed by atoms with E-state index in [0.717, 1.165) is 30.9 Å². The molecule has 0 aliphatic carbocycles. The lowest BCUT2D eigenvalue weighted by atomic mass is 10.0. The van der Waals surface area contributed by atoms with Gasteiger partial charge in [0.15, 0.2) is 0 Å². The fourth-order valence-electron chi connectivity index (χ4n) is 4.77. The van der Waals surface area contributed by atoms with Crippen molar-refractivity contribution in [3.63, 3.8) is 0 Å². The molecule has 1 aromatic carbocycles. The van der Waals surface area contributed by atoms with E-state index in [4.69, 9.17) is 15.5 Å². The van der Waals surface area contributed by atoms with Crippen molar-refractivity contribution < 1.29 is 18.7 Å². The summed E-state index contributed by atoms with van der Waals surface area (Å²) in [7, 11) is 1.58. The number of likely N-dealkylation sites (tertiary alicyclic amines) is 1. The van der Waals surface area contributed by atoms with Crippen LogP contribution in [-0.4, -0.2) is 56.3 Å². The molecule has 1 atom stereocenters. The summed E-state index contributed by atoms with van der Waals surface area (Å²) in [6.07, 6.45) is 10.6. The van der Waals surface area contributed by atoms with Gasteiger partial charge in [-0.2, -0.15) is 0 Å². The van der Waals surface area contributed by atoms with Crippen LogP contribution in [0.3, 0.4) is 0 Å². The summed E-state index contributed by atoms with van der Waals surface area (Å²) in [6, 6.07) is 8.94. The Labute approximate surface area is 224 Å². The minimum Gasteiger partial charge on any atom is -0.382 e. The van der Waals surface area contributed by atoms with Crippen LogP contribution in [0.4, 0.5) is 16.0 Å².